The summed E-state index contributed by atoms with van der Waals surface area (Å²) in [6, 6.07) is 2.62. The first-order valence-electron chi connectivity index (χ1n) is 9.03. The molecule has 0 saturated carbocycles. The number of pyridine rings is 1. The fraction of sp³-hybridized carbons (Fsp3) is 0.444. The van der Waals surface area contributed by atoms with Crippen LogP contribution in [-0.2, 0) is 12.6 Å². The predicted octanol–water partition coefficient (Wildman–Crippen LogP) is 3.55. The first-order chi connectivity index (χ1) is 13.4. The maximum Gasteiger partial charge on any atom is 0.417 e. The molecule has 1 aliphatic heterocycles. The monoisotopic (exact) mass is 393 g/mol. The Hall–Kier alpha value is -2.91. The molecule has 10 heteroatoms. The van der Waals surface area contributed by atoms with Crippen molar-refractivity contribution in [3.05, 3.63) is 41.0 Å². The summed E-state index contributed by atoms with van der Waals surface area (Å²) in [5.41, 5.74) is -0.0565. The fourth-order valence-electron chi connectivity index (χ4n) is 3.64. The van der Waals surface area contributed by atoms with Gasteiger partial charge in [0.1, 0.15) is 5.69 Å². The van der Waals surface area contributed by atoms with Crippen LogP contribution in [0.25, 0.3) is 11.1 Å². The highest BCUT2D eigenvalue weighted by atomic mass is 19.4. The summed E-state index contributed by atoms with van der Waals surface area (Å²) >= 11 is 0. The molecule has 1 atom stereocenters. The van der Waals surface area contributed by atoms with Crippen molar-refractivity contribution >= 4 is 17.0 Å². The number of H-pyrrole nitrogens is 1. The number of amides is 1. The van der Waals surface area contributed by atoms with Crippen LogP contribution in [0.4, 0.5) is 13.2 Å². The average molecular weight is 393 g/mol. The highest BCUT2D eigenvalue weighted by Crippen LogP contribution is 2.40. The van der Waals surface area contributed by atoms with E-state index in [1.807, 2.05) is 0 Å². The molecule has 0 bridgehead atoms. The minimum absolute atomic E-state index is 0.106. The maximum absolute atomic E-state index is 13.7. The molecule has 4 rings (SSSR count). The van der Waals surface area contributed by atoms with Crippen LogP contribution in [0.3, 0.4) is 0 Å². The van der Waals surface area contributed by atoms with Crippen LogP contribution in [0.15, 0.2) is 22.9 Å². The topological polar surface area (TPSA) is 87.9 Å². The second kappa shape index (κ2) is 6.92. The van der Waals surface area contributed by atoms with E-state index in [-0.39, 0.29) is 35.2 Å². The van der Waals surface area contributed by atoms with Crippen LogP contribution in [-0.4, -0.2) is 44.2 Å². The van der Waals surface area contributed by atoms with Crippen LogP contribution in [0.1, 0.15) is 53.1 Å². The number of nitrogens with one attached hydrogen (secondary N) is 1. The molecule has 1 aliphatic rings. The summed E-state index contributed by atoms with van der Waals surface area (Å²) < 4.78 is 46.2. The Morgan fingerprint density at radius 2 is 2.25 bits per heavy atom. The quantitative estimate of drug-likeness (QED) is 0.735. The number of fused-ring (bicyclic) bond motifs is 1. The molecule has 0 radical (unpaired) electrons. The lowest BCUT2D eigenvalue weighted by molar-refractivity contribution is -0.136. The summed E-state index contributed by atoms with van der Waals surface area (Å²) in [5, 5.41) is 10.2. The van der Waals surface area contributed by atoms with Crippen LogP contribution in [0.2, 0.25) is 0 Å². The Morgan fingerprint density at radius 1 is 1.43 bits per heavy atom. The molecule has 1 N–H and O–H groups in total. The zero-order valence-corrected chi connectivity index (χ0v) is 15.1. The van der Waals surface area contributed by atoms with E-state index in [0.29, 0.717) is 37.2 Å². The normalized spacial score (nSPS) is 18.0. The van der Waals surface area contributed by atoms with Crippen molar-refractivity contribution in [1.29, 1.82) is 0 Å². The highest BCUT2D eigenvalue weighted by molar-refractivity contribution is 5.92. The first kappa shape index (κ1) is 18.5. The molecule has 1 saturated heterocycles. The second-order valence-corrected chi connectivity index (χ2v) is 6.82. The smallest absolute Gasteiger partial charge is 0.337 e. The summed E-state index contributed by atoms with van der Waals surface area (Å²) in [5.74, 6) is -0.602. The molecule has 28 heavy (non-hydrogen) atoms. The van der Waals surface area contributed by atoms with Crippen molar-refractivity contribution in [2.75, 3.05) is 13.1 Å². The fourth-order valence-corrected chi connectivity index (χ4v) is 3.64. The van der Waals surface area contributed by atoms with E-state index in [4.69, 9.17) is 4.52 Å². The van der Waals surface area contributed by atoms with E-state index >= 15 is 0 Å². The maximum atomic E-state index is 13.7. The second-order valence-electron chi connectivity index (χ2n) is 6.82. The van der Waals surface area contributed by atoms with E-state index in [0.717, 1.165) is 6.07 Å². The van der Waals surface area contributed by atoms with Gasteiger partial charge in [0.2, 0.25) is 0 Å². The number of rotatable bonds is 3. The van der Waals surface area contributed by atoms with Gasteiger partial charge in [0.15, 0.2) is 0 Å². The Bertz CT molecular complexity index is 997. The van der Waals surface area contributed by atoms with Crippen molar-refractivity contribution in [1.82, 2.24) is 25.2 Å². The third-order valence-corrected chi connectivity index (χ3v) is 5.02. The number of alkyl halides is 3. The Kier molecular flexibility index (Phi) is 4.56. The molecule has 148 valence electrons. The van der Waals surface area contributed by atoms with Crippen molar-refractivity contribution in [3.8, 4) is 0 Å². The number of likely N-dealkylation sites (tertiary alicyclic amines) is 1. The number of hydrogen-bond acceptors (Lipinski definition) is 5. The van der Waals surface area contributed by atoms with E-state index in [1.165, 1.54) is 6.20 Å². The number of carbonyl (C=O) groups excluding carboxylic acids is 1. The minimum atomic E-state index is -4.55. The molecule has 1 fully saturated rings. The molecule has 7 nitrogen and oxygen atoms in total. The number of hydrogen-bond donors (Lipinski definition) is 1. The minimum Gasteiger partial charge on any atom is -0.337 e. The Morgan fingerprint density at radius 3 is 2.93 bits per heavy atom. The van der Waals surface area contributed by atoms with Gasteiger partial charge in [0.25, 0.3) is 11.6 Å². The van der Waals surface area contributed by atoms with Crippen LogP contribution >= 0.6 is 0 Å². The van der Waals surface area contributed by atoms with Gasteiger partial charge in [-0.2, -0.15) is 18.3 Å². The number of halogens is 3. The predicted molar refractivity (Wildman–Crippen MR) is 92.7 cm³/mol. The molecule has 4 heterocycles. The summed E-state index contributed by atoms with van der Waals surface area (Å²) in [4.78, 5) is 18.3. The standard InChI is InChI=1S/C18H18F3N5O2/c1-2-11-8-12(18(19,20)21)14-15(25-28-16(14)23-11)10-4-3-7-26(9-10)17(27)13-5-6-22-24-13/h5-6,8,10H,2-4,7,9H2,1H3,(H,22,24). The molecule has 0 spiro atoms. The van der Waals surface area contributed by atoms with Gasteiger partial charge in [-0.3, -0.25) is 9.89 Å². The number of aromatic amines is 1. The lowest BCUT2D eigenvalue weighted by Gasteiger charge is -2.31. The van der Waals surface area contributed by atoms with Gasteiger partial charge in [-0.25, -0.2) is 4.98 Å². The molecule has 1 unspecified atom stereocenters. The van der Waals surface area contributed by atoms with Gasteiger partial charge in [-0.15, -0.1) is 0 Å². The van der Waals surface area contributed by atoms with Gasteiger partial charge in [-0.05, 0) is 31.4 Å². The largest absolute Gasteiger partial charge is 0.417 e. The summed E-state index contributed by atoms with van der Waals surface area (Å²) in [6.07, 6.45) is -1.45. The number of aryl methyl sites for hydroxylation is 1. The number of nitrogens with zero attached hydrogens (tertiary/aromatic N) is 4. The molecular weight excluding hydrogens is 375 g/mol. The highest BCUT2D eigenvalue weighted by Gasteiger charge is 2.38. The third-order valence-electron chi connectivity index (χ3n) is 5.02. The van der Waals surface area contributed by atoms with Crippen LogP contribution in [0, 0.1) is 0 Å². The lowest BCUT2D eigenvalue weighted by atomic mass is 9.91. The van der Waals surface area contributed by atoms with E-state index in [9.17, 15) is 18.0 Å². The van der Waals surface area contributed by atoms with Crippen molar-refractivity contribution in [2.24, 2.45) is 0 Å². The first-order valence-corrected chi connectivity index (χ1v) is 9.03. The van der Waals surface area contributed by atoms with Crippen LogP contribution < -0.4 is 0 Å². The molecule has 3 aromatic heterocycles. The van der Waals surface area contributed by atoms with Gasteiger partial charge in [0, 0.05) is 30.9 Å². The molecular formula is C18H18F3N5O2. The van der Waals surface area contributed by atoms with Gasteiger partial charge in [0.05, 0.1) is 16.6 Å². The van der Waals surface area contributed by atoms with Gasteiger partial charge < -0.3 is 9.42 Å². The van der Waals surface area contributed by atoms with Crippen LogP contribution in [0.5, 0.6) is 0 Å². The zero-order valence-electron chi connectivity index (χ0n) is 15.1. The average Bonchev–Trinajstić information content (AvgIpc) is 3.35. The molecule has 1 amide bonds. The lowest BCUT2D eigenvalue weighted by Crippen LogP contribution is -2.39. The van der Waals surface area contributed by atoms with E-state index in [2.05, 4.69) is 20.3 Å². The SMILES string of the molecule is CCc1cc(C(F)(F)F)c2c(C3CCCN(C(=O)c4ccn[nH]4)C3)noc2n1. The van der Waals surface area contributed by atoms with Gasteiger partial charge in [-0.1, -0.05) is 12.1 Å². The molecule has 3 aromatic rings. The number of aromatic nitrogens is 4. The Balaban J connectivity index is 1.71. The number of piperidine rings is 1. The van der Waals surface area contributed by atoms with Crippen molar-refractivity contribution in [2.45, 2.75) is 38.3 Å². The zero-order chi connectivity index (χ0) is 19.9. The van der Waals surface area contributed by atoms with Crippen molar-refractivity contribution < 1.29 is 22.5 Å². The van der Waals surface area contributed by atoms with Gasteiger partial charge >= 0.3 is 6.18 Å². The summed E-state index contributed by atoms with van der Waals surface area (Å²) in [7, 11) is 0. The summed E-state index contributed by atoms with van der Waals surface area (Å²) in [6.45, 7) is 2.51. The third kappa shape index (κ3) is 3.23. The van der Waals surface area contributed by atoms with E-state index < -0.39 is 11.7 Å². The van der Waals surface area contributed by atoms with Crippen molar-refractivity contribution in [3.63, 3.8) is 0 Å². The van der Waals surface area contributed by atoms with E-state index in [1.54, 1.807) is 17.9 Å². The molecule has 0 aromatic carbocycles. The molecule has 0 aliphatic carbocycles. The Labute approximate surface area is 157 Å². The number of carbonyl (C=O) groups is 1.